The molecule has 5 nitrogen and oxygen atoms in total. The summed E-state index contributed by atoms with van der Waals surface area (Å²) in [7, 11) is 1.71. The van der Waals surface area contributed by atoms with Gasteiger partial charge < -0.3 is 19.4 Å². The number of ether oxygens (including phenoxy) is 1. The predicted octanol–water partition coefficient (Wildman–Crippen LogP) is 5.11. The largest absolute Gasteiger partial charge is 0.459 e. The Morgan fingerprint density at radius 1 is 1.17 bits per heavy atom. The van der Waals surface area contributed by atoms with Crippen LogP contribution in [0, 0.1) is 0 Å². The van der Waals surface area contributed by atoms with Gasteiger partial charge in [-0.05, 0) is 55.0 Å². The van der Waals surface area contributed by atoms with Gasteiger partial charge in [-0.25, -0.2) is 0 Å². The number of methoxy groups -OCH3 is 1. The summed E-state index contributed by atoms with van der Waals surface area (Å²) >= 11 is 9.14. The Morgan fingerprint density at radius 3 is 2.72 bits per heavy atom. The normalized spacial score (nSPS) is 18.8. The van der Waals surface area contributed by atoms with Gasteiger partial charge in [0.15, 0.2) is 5.11 Å². The standard InChI is InChI=1S/C22H22BrN3O2S/c1-27-14-4-13-26-21(20(25-22(26)29)17-5-2-3-12-24-17)19-11-10-18(28-19)15-6-8-16(23)9-7-15/h2-3,5-12,20-21H,4,13-14H2,1H3,(H,25,29)/t20-,21+/m1/s1. The maximum Gasteiger partial charge on any atom is 0.170 e. The molecule has 4 rings (SSSR count). The van der Waals surface area contributed by atoms with E-state index in [1.165, 1.54) is 0 Å². The Kier molecular flexibility index (Phi) is 6.28. The molecule has 1 aliphatic heterocycles. The second-order valence-electron chi connectivity index (χ2n) is 6.88. The van der Waals surface area contributed by atoms with E-state index in [1.807, 2.05) is 54.6 Å². The quantitative estimate of drug-likeness (QED) is 0.381. The summed E-state index contributed by atoms with van der Waals surface area (Å²) in [6.07, 6.45) is 2.68. The number of nitrogens with one attached hydrogen (secondary N) is 1. The monoisotopic (exact) mass is 471 g/mol. The number of hydrogen-bond donors (Lipinski definition) is 1. The zero-order chi connectivity index (χ0) is 20.2. The van der Waals surface area contributed by atoms with Crippen molar-refractivity contribution in [2.24, 2.45) is 0 Å². The van der Waals surface area contributed by atoms with Gasteiger partial charge in [0.25, 0.3) is 0 Å². The summed E-state index contributed by atoms with van der Waals surface area (Å²) in [5, 5.41) is 4.15. The van der Waals surface area contributed by atoms with Gasteiger partial charge in [0.05, 0.1) is 11.7 Å². The lowest BCUT2D eigenvalue weighted by Crippen LogP contribution is -2.31. The summed E-state index contributed by atoms with van der Waals surface area (Å²) in [6.45, 7) is 1.46. The van der Waals surface area contributed by atoms with E-state index in [0.717, 1.165) is 40.2 Å². The third-order valence-corrected chi connectivity index (χ3v) is 5.87. The van der Waals surface area contributed by atoms with Crippen LogP contribution in [0.1, 0.15) is 30.0 Å². The van der Waals surface area contributed by atoms with Crippen molar-refractivity contribution in [1.29, 1.82) is 0 Å². The van der Waals surface area contributed by atoms with Crippen molar-refractivity contribution >= 4 is 33.3 Å². The minimum absolute atomic E-state index is 0.0709. The number of aromatic nitrogens is 1. The van der Waals surface area contributed by atoms with Crippen molar-refractivity contribution < 1.29 is 9.15 Å². The van der Waals surface area contributed by atoms with Gasteiger partial charge in [0.2, 0.25) is 0 Å². The number of halogens is 1. The molecule has 0 bridgehead atoms. The van der Waals surface area contributed by atoms with E-state index >= 15 is 0 Å². The van der Waals surface area contributed by atoms with E-state index < -0.39 is 0 Å². The predicted molar refractivity (Wildman–Crippen MR) is 120 cm³/mol. The molecule has 0 aliphatic carbocycles. The van der Waals surface area contributed by atoms with Gasteiger partial charge in [0, 0.05) is 36.5 Å². The molecule has 1 fully saturated rings. The number of rotatable bonds is 7. The zero-order valence-electron chi connectivity index (χ0n) is 16.0. The Labute approximate surface area is 184 Å². The van der Waals surface area contributed by atoms with Crippen molar-refractivity contribution in [2.75, 3.05) is 20.3 Å². The lowest BCUT2D eigenvalue weighted by atomic mass is 10.0. The van der Waals surface area contributed by atoms with Crippen molar-refractivity contribution in [3.05, 3.63) is 76.7 Å². The lowest BCUT2D eigenvalue weighted by molar-refractivity contribution is 0.177. The number of nitrogens with zero attached hydrogens (tertiary/aromatic N) is 2. The summed E-state index contributed by atoms with van der Waals surface area (Å²) in [5.74, 6) is 1.70. The van der Waals surface area contributed by atoms with Gasteiger partial charge in [-0.2, -0.15) is 0 Å². The van der Waals surface area contributed by atoms with Crippen LogP contribution in [0.3, 0.4) is 0 Å². The van der Waals surface area contributed by atoms with E-state index in [9.17, 15) is 0 Å². The van der Waals surface area contributed by atoms with E-state index in [2.05, 4.69) is 31.1 Å². The van der Waals surface area contributed by atoms with E-state index in [-0.39, 0.29) is 12.1 Å². The second-order valence-corrected chi connectivity index (χ2v) is 8.18. The molecule has 1 saturated heterocycles. The van der Waals surface area contributed by atoms with E-state index in [1.54, 1.807) is 13.3 Å². The van der Waals surface area contributed by atoms with Crippen LogP contribution in [0.25, 0.3) is 11.3 Å². The summed E-state index contributed by atoms with van der Waals surface area (Å²) in [5.41, 5.74) is 1.98. The van der Waals surface area contributed by atoms with Crippen LogP contribution in [-0.2, 0) is 4.74 Å². The first-order valence-corrected chi connectivity index (χ1v) is 10.7. The average molecular weight is 472 g/mol. The van der Waals surface area contributed by atoms with Gasteiger partial charge >= 0.3 is 0 Å². The van der Waals surface area contributed by atoms with Crippen molar-refractivity contribution in [2.45, 2.75) is 18.5 Å². The lowest BCUT2D eigenvalue weighted by Gasteiger charge is -2.25. The highest BCUT2D eigenvalue weighted by molar-refractivity contribution is 9.10. The summed E-state index contributed by atoms with van der Waals surface area (Å²) in [6, 6.07) is 17.9. The number of hydrogen-bond acceptors (Lipinski definition) is 4. The molecule has 2 aromatic heterocycles. The van der Waals surface area contributed by atoms with Crippen LogP contribution in [0.5, 0.6) is 0 Å². The Balaban J connectivity index is 1.67. The van der Waals surface area contributed by atoms with Crippen LogP contribution in [0.15, 0.2) is 69.7 Å². The second kappa shape index (κ2) is 9.07. The molecule has 0 amide bonds. The van der Waals surface area contributed by atoms with Crippen LogP contribution >= 0.6 is 28.1 Å². The van der Waals surface area contributed by atoms with Crippen LogP contribution in [0.4, 0.5) is 0 Å². The SMILES string of the molecule is COCCCN1C(=S)N[C@H](c2ccccn2)[C@@H]1c1ccc(-c2ccc(Br)cc2)o1. The molecule has 0 saturated carbocycles. The molecule has 29 heavy (non-hydrogen) atoms. The third-order valence-electron chi connectivity index (χ3n) is 4.99. The molecule has 150 valence electrons. The molecule has 0 radical (unpaired) electrons. The van der Waals surface area contributed by atoms with Crippen molar-refractivity contribution in [3.63, 3.8) is 0 Å². The minimum atomic E-state index is -0.0739. The molecule has 3 aromatic rings. The molecule has 1 aromatic carbocycles. The first-order chi connectivity index (χ1) is 14.2. The highest BCUT2D eigenvalue weighted by atomic mass is 79.9. The highest BCUT2D eigenvalue weighted by Crippen LogP contribution is 2.40. The number of benzene rings is 1. The molecule has 0 spiro atoms. The number of furan rings is 1. The molecular formula is C22H22BrN3O2S. The van der Waals surface area contributed by atoms with Crippen molar-refractivity contribution in [3.8, 4) is 11.3 Å². The Bertz CT molecular complexity index is 962. The van der Waals surface area contributed by atoms with Gasteiger partial charge in [-0.3, -0.25) is 4.98 Å². The topological polar surface area (TPSA) is 50.5 Å². The first-order valence-electron chi connectivity index (χ1n) is 9.50. The molecule has 7 heteroatoms. The third kappa shape index (κ3) is 4.37. The smallest absolute Gasteiger partial charge is 0.170 e. The molecule has 1 aliphatic rings. The highest BCUT2D eigenvalue weighted by Gasteiger charge is 2.41. The molecule has 3 heterocycles. The van der Waals surface area contributed by atoms with Crippen LogP contribution < -0.4 is 5.32 Å². The van der Waals surface area contributed by atoms with Crippen LogP contribution in [0.2, 0.25) is 0 Å². The summed E-state index contributed by atoms with van der Waals surface area (Å²) < 4.78 is 12.6. The van der Waals surface area contributed by atoms with Gasteiger partial charge in [0.1, 0.15) is 17.6 Å². The average Bonchev–Trinajstić information content (AvgIpc) is 3.34. The number of pyridine rings is 1. The van der Waals surface area contributed by atoms with E-state index in [4.69, 9.17) is 21.4 Å². The fraction of sp³-hybridized carbons (Fsp3) is 0.273. The minimum Gasteiger partial charge on any atom is -0.459 e. The van der Waals surface area contributed by atoms with Crippen LogP contribution in [-0.4, -0.2) is 35.3 Å². The van der Waals surface area contributed by atoms with Gasteiger partial charge in [-0.15, -0.1) is 0 Å². The molecular weight excluding hydrogens is 450 g/mol. The maximum atomic E-state index is 6.31. The zero-order valence-corrected chi connectivity index (χ0v) is 18.4. The first kappa shape index (κ1) is 20.1. The Hall–Kier alpha value is -2.22. The van der Waals surface area contributed by atoms with Gasteiger partial charge in [-0.1, -0.05) is 34.1 Å². The molecule has 1 N–H and O–H groups in total. The molecule has 0 unspecified atom stereocenters. The Morgan fingerprint density at radius 2 is 2.00 bits per heavy atom. The van der Waals surface area contributed by atoms with E-state index in [0.29, 0.717) is 11.7 Å². The summed E-state index contributed by atoms with van der Waals surface area (Å²) in [4.78, 5) is 6.73. The van der Waals surface area contributed by atoms with Crippen molar-refractivity contribution in [1.82, 2.24) is 15.2 Å². The maximum absolute atomic E-state index is 6.31. The molecule has 2 atom stereocenters. The fourth-order valence-corrected chi connectivity index (χ4v) is 4.21. The fourth-order valence-electron chi connectivity index (χ4n) is 3.62. The number of thiocarbonyl (C=S) groups is 1.